The fraction of sp³-hybridized carbons (Fsp3) is 0.452. The smallest absolute Gasteiger partial charge is 0.255 e. The zero-order valence-corrected chi connectivity index (χ0v) is 23.0. The van der Waals surface area contributed by atoms with Gasteiger partial charge in [0.15, 0.2) is 0 Å². The highest BCUT2D eigenvalue weighted by atomic mass is 16.5. The van der Waals surface area contributed by atoms with Crippen molar-refractivity contribution in [3.05, 3.63) is 72.3 Å². The first-order valence-corrected chi connectivity index (χ1v) is 14.2. The van der Waals surface area contributed by atoms with Crippen molar-refractivity contribution in [1.82, 2.24) is 20.9 Å². The van der Waals surface area contributed by atoms with Crippen LogP contribution < -0.4 is 25.4 Å². The lowest BCUT2D eigenvalue weighted by atomic mass is 9.74. The summed E-state index contributed by atoms with van der Waals surface area (Å²) >= 11 is 0. The molecule has 3 amide bonds. The molecule has 1 fully saturated rings. The summed E-state index contributed by atoms with van der Waals surface area (Å²) in [5.41, 5.74) is 0.00310. The largest absolute Gasteiger partial charge is 0.492 e. The number of carbonyl (C=O) groups is 3. The molecule has 4 rings (SSSR count). The van der Waals surface area contributed by atoms with E-state index in [0.717, 1.165) is 5.75 Å². The maximum absolute atomic E-state index is 13.4. The first kappa shape index (κ1) is 29.1. The van der Waals surface area contributed by atoms with Gasteiger partial charge in [-0.1, -0.05) is 42.5 Å². The maximum atomic E-state index is 13.4. The number of para-hydroxylation sites is 2. The number of allylic oxidation sites excluding steroid dienone is 1. The highest BCUT2D eigenvalue weighted by Gasteiger charge is 2.40. The quantitative estimate of drug-likeness (QED) is 0.379. The van der Waals surface area contributed by atoms with Crippen LogP contribution in [0.1, 0.15) is 42.5 Å². The molecule has 2 aliphatic rings. The van der Waals surface area contributed by atoms with Crippen LogP contribution in [0.25, 0.3) is 0 Å². The van der Waals surface area contributed by atoms with Crippen molar-refractivity contribution in [2.75, 3.05) is 52.5 Å². The molecule has 2 aromatic rings. The average Bonchev–Trinajstić information content (AvgIpc) is 2.98. The number of ether oxygens (including phenoxy) is 2. The minimum absolute atomic E-state index is 0.0410. The standard InChI is InChI=1S/C31H40N4O5/c36-28(32-19-23-39-25-10-3-1-4-11-25)24-35-20-15-31(16-21-35)14-7-2-8-22-40-27-13-6-5-12-26(27)29(37)33-17-9-18-34-30(31)38/h1-7,10-13H,8-9,14-24H2,(H,32,36)(H,33,37)(H,34,38)/b7-2-. The Hall–Kier alpha value is -3.85. The van der Waals surface area contributed by atoms with Gasteiger partial charge in [0.05, 0.1) is 30.7 Å². The van der Waals surface area contributed by atoms with E-state index in [9.17, 15) is 14.4 Å². The van der Waals surface area contributed by atoms with E-state index in [2.05, 4.69) is 26.9 Å². The van der Waals surface area contributed by atoms with Crippen molar-refractivity contribution in [3.63, 3.8) is 0 Å². The molecule has 9 heteroatoms. The minimum atomic E-state index is -0.513. The fourth-order valence-corrected chi connectivity index (χ4v) is 5.02. The number of nitrogens with zero attached hydrogens (tertiary/aromatic N) is 1. The van der Waals surface area contributed by atoms with E-state index in [4.69, 9.17) is 9.47 Å². The summed E-state index contributed by atoms with van der Waals surface area (Å²) in [6.45, 7) is 3.88. The van der Waals surface area contributed by atoms with Crippen molar-refractivity contribution in [2.45, 2.75) is 32.1 Å². The minimum Gasteiger partial charge on any atom is -0.492 e. The lowest BCUT2D eigenvalue weighted by Crippen LogP contribution is -2.51. The molecule has 2 aliphatic heterocycles. The third-order valence-electron chi connectivity index (χ3n) is 7.37. The summed E-state index contributed by atoms with van der Waals surface area (Å²) in [4.78, 5) is 40.6. The number of fused-ring (bicyclic) bond motifs is 1. The summed E-state index contributed by atoms with van der Waals surface area (Å²) in [5, 5.41) is 8.94. The van der Waals surface area contributed by atoms with Gasteiger partial charge >= 0.3 is 0 Å². The summed E-state index contributed by atoms with van der Waals surface area (Å²) in [5.74, 6) is 1.17. The van der Waals surface area contributed by atoms with Crippen LogP contribution in [0.15, 0.2) is 66.7 Å². The highest BCUT2D eigenvalue weighted by Crippen LogP contribution is 2.36. The Balaban J connectivity index is 1.26. The molecule has 9 nitrogen and oxygen atoms in total. The number of hydrogen-bond donors (Lipinski definition) is 3. The third-order valence-corrected chi connectivity index (χ3v) is 7.37. The molecule has 2 aromatic carbocycles. The Labute approximate surface area is 236 Å². The van der Waals surface area contributed by atoms with Gasteiger partial charge in [0, 0.05) is 13.1 Å². The van der Waals surface area contributed by atoms with E-state index in [1.807, 2.05) is 54.6 Å². The van der Waals surface area contributed by atoms with E-state index < -0.39 is 5.41 Å². The molecule has 0 unspecified atom stereocenters. The zero-order chi connectivity index (χ0) is 28.0. The molecule has 0 atom stereocenters. The lowest BCUT2D eigenvalue weighted by molar-refractivity contribution is -0.134. The third kappa shape index (κ3) is 8.58. The van der Waals surface area contributed by atoms with Crippen LogP contribution in [0.4, 0.5) is 0 Å². The molecule has 2 heterocycles. The molecule has 0 saturated carbocycles. The predicted octanol–water partition coefficient (Wildman–Crippen LogP) is 2.93. The summed E-state index contributed by atoms with van der Waals surface area (Å²) in [7, 11) is 0. The molecular weight excluding hydrogens is 508 g/mol. The van der Waals surface area contributed by atoms with Gasteiger partial charge in [-0.15, -0.1) is 0 Å². The van der Waals surface area contributed by atoms with E-state index >= 15 is 0 Å². The van der Waals surface area contributed by atoms with Gasteiger partial charge in [0.1, 0.15) is 18.1 Å². The van der Waals surface area contributed by atoms with E-state index in [1.165, 1.54) is 0 Å². The van der Waals surface area contributed by atoms with E-state index in [0.29, 0.717) is 95.9 Å². The summed E-state index contributed by atoms with van der Waals surface area (Å²) in [6, 6.07) is 16.8. The maximum Gasteiger partial charge on any atom is 0.255 e. The molecule has 40 heavy (non-hydrogen) atoms. The van der Waals surface area contributed by atoms with E-state index in [-0.39, 0.29) is 17.7 Å². The molecule has 1 saturated heterocycles. The molecule has 214 valence electrons. The fourth-order valence-electron chi connectivity index (χ4n) is 5.02. The van der Waals surface area contributed by atoms with Gasteiger partial charge in [-0.3, -0.25) is 19.3 Å². The Morgan fingerprint density at radius 3 is 2.55 bits per heavy atom. The Morgan fingerprint density at radius 2 is 1.73 bits per heavy atom. The van der Waals surface area contributed by atoms with E-state index in [1.54, 1.807) is 6.07 Å². The van der Waals surface area contributed by atoms with Gasteiger partial charge in [0.2, 0.25) is 11.8 Å². The zero-order valence-electron chi connectivity index (χ0n) is 23.0. The van der Waals surface area contributed by atoms with Crippen LogP contribution >= 0.6 is 0 Å². The number of piperidine rings is 1. The van der Waals surface area contributed by atoms with Crippen LogP contribution in [0.3, 0.4) is 0 Å². The molecule has 0 radical (unpaired) electrons. The summed E-state index contributed by atoms with van der Waals surface area (Å²) in [6.07, 6.45) is 7.41. The molecule has 0 aromatic heterocycles. The number of amides is 3. The number of rotatable bonds is 6. The molecule has 0 bridgehead atoms. The van der Waals surface area contributed by atoms with Crippen LogP contribution in [0.2, 0.25) is 0 Å². The second-order valence-corrected chi connectivity index (χ2v) is 10.2. The first-order chi connectivity index (χ1) is 19.6. The van der Waals surface area contributed by atoms with Crippen LogP contribution in [0.5, 0.6) is 11.5 Å². The molecule has 3 N–H and O–H groups in total. The number of carbonyl (C=O) groups excluding carboxylic acids is 3. The molecule has 1 spiro atoms. The van der Waals surface area contributed by atoms with Crippen molar-refractivity contribution < 1.29 is 23.9 Å². The van der Waals surface area contributed by atoms with Crippen LogP contribution in [-0.4, -0.2) is 75.1 Å². The van der Waals surface area contributed by atoms with Gasteiger partial charge in [-0.2, -0.15) is 0 Å². The van der Waals surface area contributed by atoms with Crippen molar-refractivity contribution in [1.29, 1.82) is 0 Å². The number of likely N-dealkylation sites (tertiary alicyclic amines) is 1. The van der Waals surface area contributed by atoms with Crippen molar-refractivity contribution in [2.24, 2.45) is 5.41 Å². The monoisotopic (exact) mass is 548 g/mol. The van der Waals surface area contributed by atoms with Crippen LogP contribution in [0, 0.1) is 5.41 Å². The van der Waals surface area contributed by atoms with Gasteiger partial charge in [-0.25, -0.2) is 0 Å². The normalized spacial score (nSPS) is 19.4. The van der Waals surface area contributed by atoms with Crippen LogP contribution in [-0.2, 0) is 9.59 Å². The number of nitrogens with one attached hydrogen (secondary N) is 3. The van der Waals surface area contributed by atoms with Crippen molar-refractivity contribution >= 4 is 17.7 Å². The number of hydrogen-bond acceptors (Lipinski definition) is 6. The Morgan fingerprint density at radius 1 is 0.975 bits per heavy atom. The predicted molar refractivity (Wildman–Crippen MR) is 153 cm³/mol. The molecule has 0 aliphatic carbocycles. The van der Waals surface area contributed by atoms with Gasteiger partial charge < -0.3 is 25.4 Å². The summed E-state index contributed by atoms with van der Waals surface area (Å²) < 4.78 is 11.5. The molecular formula is C31H40N4O5. The Kier molecular flexibility index (Phi) is 11.0. The highest BCUT2D eigenvalue weighted by molar-refractivity contribution is 5.96. The second-order valence-electron chi connectivity index (χ2n) is 10.2. The number of benzene rings is 2. The van der Waals surface area contributed by atoms with Gasteiger partial charge in [0.25, 0.3) is 5.91 Å². The SMILES string of the molecule is O=C(CN1CCC2(C/C=C\CCOc3ccccc3C(=O)NCCCNC2=O)CC1)NCCOc1ccccc1. The van der Waals surface area contributed by atoms with Crippen molar-refractivity contribution in [3.8, 4) is 11.5 Å². The first-order valence-electron chi connectivity index (χ1n) is 14.2. The topological polar surface area (TPSA) is 109 Å². The average molecular weight is 549 g/mol. The lowest BCUT2D eigenvalue weighted by Gasteiger charge is -2.40. The van der Waals surface area contributed by atoms with Gasteiger partial charge in [-0.05, 0) is 69.5 Å². The Bertz CT molecular complexity index is 1150. The second kappa shape index (κ2) is 15.1.